The average Bonchev–Trinajstić information content (AvgIpc) is 2.27. The molecule has 19 heavy (non-hydrogen) atoms. The molecule has 0 aromatic heterocycles. The smallest absolute Gasteiger partial charge is 0.234 e. The highest BCUT2D eigenvalue weighted by molar-refractivity contribution is 5.78. The van der Waals surface area contributed by atoms with Crippen LogP contribution >= 0.6 is 0 Å². The number of piperidine rings is 1. The first-order valence-electron chi connectivity index (χ1n) is 7.74. The molecule has 112 valence electrons. The third-order valence-electron chi connectivity index (χ3n) is 3.74. The van der Waals surface area contributed by atoms with Gasteiger partial charge in [-0.25, -0.2) is 0 Å². The molecule has 2 unspecified atom stereocenters. The maximum absolute atomic E-state index is 11.9. The molecule has 1 rings (SSSR count). The van der Waals surface area contributed by atoms with Gasteiger partial charge in [0.25, 0.3) is 0 Å². The van der Waals surface area contributed by atoms with Gasteiger partial charge in [-0.1, -0.05) is 26.7 Å². The summed E-state index contributed by atoms with van der Waals surface area (Å²) in [5, 5.41) is 3.09. The minimum Gasteiger partial charge on any atom is -0.353 e. The van der Waals surface area contributed by atoms with Crippen molar-refractivity contribution in [3.05, 3.63) is 0 Å². The topological polar surface area (TPSA) is 58.4 Å². The molecule has 0 aliphatic carbocycles. The van der Waals surface area contributed by atoms with E-state index < -0.39 is 0 Å². The maximum atomic E-state index is 11.9. The van der Waals surface area contributed by atoms with Crippen molar-refractivity contribution in [2.75, 3.05) is 19.6 Å². The highest BCUT2D eigenvalue weighted by Crippen LogP contribution is 2.09. The molecule has 1 aliphatic heterocycles. The van der Waals surface area contributed by atoms with Crippen molar-refractivity contribution in [3.63, 3.8) is 0 Å². The Morgan fingerprint density at radius 2 is 2.11 bits per heavy atom. The Morgan fingerprint density at radius 1 is 1.37 bits per heavy atom. The Morgan fingerprint density at radius 3 is 2.74 bits per heavy atom. The first kappa shape index (κ1) is 16.4. The normalized spacial score (nSPS) is 22.5. The summed E-state index contributed by atoms with van der Waals surface area (Å²) in [5.74, 6) is 0.892. The van der Waals surface area contributed by atoms with E-state index in [9.17, 15) is 4.79 Å². The Bertz CT molecular complexity index is 268. The molecule has 1 aliphatic rings. The summed E-state index contributed by atoms with van der Waals surface area (Å²) in [6, 6.07) is 0.523. The van der Waals surface area contributed by atoms with E-state index in [-0.39, 0.29) is 18.0 Å². The Labute approximate surface area is 118 Å². The minimum atomic E-state index is 0.145. The van der Waals surface area contributed by atoms with E-state index in [1.165, 1.54) is 12.8 Å². The first-order valence-corrected chi connectivity index (χ1v) is 7.74. The lowest BCUT2D eigenvalue weighted by Gasteiger charge is -2.30. The van der Waals surface area contributed by atoms with Gasteiger partial charge in [0, 0.05) is 18.6 Å². The van der Waals surface area contributed by atoms with Gasteiger partial charge in [-0.3, -0.25) is 9.69 Å². The first-order chi connectivity index (χ1) is 8.97. The maximum Gasteiger partial charge on any atom is 0.234 e. The van der Waals surface area contributed by atoms with Gasteiger partial charge in [0.2, 0.25) is 5.91 Å². The zero-order chi connectivity index (χ0) is 14.3. The minimum absolute atomic E-state index is 0.145. The van der Waals surface area contributed by atoms with Gasteiger partial charge in [-0.2, -0.15) is 0 Å². The highest BCUT2D eigenvalue weighted by atomic mass is 16.2. The Hall–Kier alpha value is -0.610. The molecule has 4 nitrogen and oxygen atoms in total. The Balaban J connectivity index is 2.15. The molecule has 3 N–H and O–H groups in total. The summed E-state index contributed by atoms with van der Waals surface area (Å²) in [6.07, 6.45) is 5.69. The van der Waals surface area contributed by atoms with Crippen molar-refractivity contribution < 1.29 is 4.79 Å². The van der Waals surface area contributed by atoms with Gasteiger partial charge in [0.1, 0.15) is 0 Å². The van der Waals surface area contributed by atoms with E-state index in [0.29, 0.717) is 6.54 Å². The highest BCUT2D eigenvalue weighted by Gasteiger charge is 2.19. The molecule has 2 atom stereocenters. The molecule has 1 heterocycles. The van der Waals surface area contributed by atoms with Gasteiger partial charge in [-0.05, 0) is 38.6 Å². The van der Waals surface area contributed by atoms with Crippen LogP contribution in [0.1, 0.15) is 52.9 Å². The number of nitrogens with two attached hydrogens (primary N) is 1. The van der Waals surface area contributed by atoms with Crippen LogP contribution in [0, 0.1) is 5.92 Å². The molecule has 0 spiro atoms. The van der Waals surface area contributed by atoms with E-state index in [0.717, 1.165) is 38.3 Å². The molecule has 0 bridgehead atoms. The van der Waals surface area contributed by atoms with E-state index in [1.54, 1.807) is 0 Å². The molecule has 0 radical (unpaired) electrons. The number of rotatable bonds is 7. The molecule has 1 amide bonds. The van der Waals surface area contributed by atoms with Crippen molar-refractivity contribution in [1.82, 2.24) is 10.2 Å². The van der Waals surface area contributed by atoms with Crippen molar-refractivity contribution in [1.29, 1.82) is 0 Å². The summed E-state index contributed by atoms with van der Waals surface area (Å²) in [7, 11) is 0. The van der Waals surface area contributed by atoms with Crippen molar-refractivity contribution >= 4 is 5.91 Å². The fourth-order valence-electron chi connectivity index (χ4n) is 2.66. The quantitative estimate of drug-likeness (QED) is 0.740. The summed E-state index contributed by atoms with van der Waals surface area (Å²) < 4.78 is 0. The second-order valence-electron chi connectivity index (χ2n) is 6.43. The largest absolute Gasteiger partial charge is 0.353 e. The summed E-state index contributed by atoms with van der Waals surface area (Å²) in [6.45, 7) is 8.94. The fourth-order valence-corrected chi connectivity index (χ4v) is 2.66. The van der Waals surface area contributed by atoms with Crippen LogP contribution in [0.25, 0.3) is 0 Å². The zero-order valence-corrected chi connectivity index (χ0v) is 12.8. The monoisotopic (exact) mass is 269 g/mol. The predicted octanol–water partition coefficient (Wildman–Crippen LogP) is 1.74. The van der Waals surface area contributed by atoms with Gasteiger partial charge in [0.15, 0.2) is 0 Å². The van der Waals surface area contributed by atoms with E-state index in [1.807, 2.05) is 0 Å². The number of hydrogen-bond donors (Lipinski definition) is 2. The van der Waals surface area contributed by atoms with Crippen LogP contribution in [-0.2, 0) is 4.79 Å². The third kappa shape index (κ3) is 7.53. The summed E-state index contributed by atoms with van der Waals surface area (Å²) in [5.41, 5.74) is 5.92. The van der Waals surface area contributed by atoms with Crippen LogP contribution in [0.5, 0.6) is 0 Å². The number of nitrogens with one attached hydrogen (secondary N) is 1. The average molecular weight is 269 g/mol. The van der Waals surface area contributed by atoms with Crippen molar-refractivity contribution in [3.8, 4) is 0 Å². The number of carbonyl (C=O) groups is 1. The van der Waals surface area contributed by atoms with Crippen LogP contribution in [0.4, 0.5) is 0 Å². The third-order valence-corrected chi connectivity index (χ3v) is 3.74. The molecule has 4 heteroatoms. The lowest BCUT2D eigenvalue weighted by atomic mass is 10.0. The molecular weight excluding hydrogens is 238 g/mol. The fraction of sp³-hybridized carbons (Fsp3) is 0.933. The number of likely N-dealkylation sites (tertiary alicyclic amines) is 1. The van der Waals surface area contributed by atoms with Gasteiger partial charge in [-0.15, -0.1) is 0 Å². The molecule has 0 aromatic carbocycles. The lowest BCUT2D eigenvalue weighted by molar-refractivity contribution is -0.123. The molecular formula is C15H31N3O. The number of carbonyl (C=O) groups excluding carboxylic acids is 1. The van der Waals surface area contributed by atoms with Crippen molar-refractivity contribution in [2.45, 2.75) is 65.0 Å². The van der Waals surface area contributed by atoms with Gasteiger partial charge >= 0.3 is 0 Å². The molecule has 0 aromatic rings. The SMILES string of the molecule is CC(C)CCCC(C)NC(=O)CN1CCCC(N)C1. The van der Waals surface area contributed by atoms with E-state index in [2.05, 4.69) is 31.0 Å². The molecule has 0 saturated carbocycles. The standard InChI is InChI=1S/C15H31N3O/c1-12(2)6-4-7-13(3)17-15(19)11-18-9-5-8-14(16)10-18/h12-14H,4-11,16H2,1-3H3,(H,17,19). The molecule has 1 saturated heterocycles. The van der Waals surface area contributed by atoms with Crippen LogP contribution in [0.15, 0.2) is 0 Å². The summed E-state index contributed by atoms with van der Waals surface area (Å²) in [4.78, 5) is 14.1. The number of nitrogens with zero attached hydrogens (tertiary/aromatic N) is 1. The van der Waals surface area contributed by atoms with Crippen LogP contribution in [0.2, 0.25) is 0 Å². The predicted molar refractivity (Wildman–Crippen MR) is 79.9 cm³/mol. The van der Waals surface area contributed by atoms with E-state index >= 15 is 0 Å². The summed E-state index contributed by atoms with van der Waals surface area (Å²) >= 11 is 0. The number of amides is 1. The lowest BCUT2D eigenvalue weighted by Crippen LogP contribution is -2.48. The molecule has 1 fully saturated rings. The van der Waals surface area contributed by atoms with Crippen LogP contribution < -0.4 is 11.1 Å². The van der Waals surface area contributed by atoms with Gasteiger partial charge in [0.05, 0.1) is 6.54 Å². The van der Waals surface area contributed by atoms with E-state index in [4.69, 9.17) is 5.73 Å². The second-order valence-corrected chi connectivity index (χ2v) is 6.43. The van der Waals surface area contributed by atoms with Crippen LogP contribution in [0.3, 0.4) is 0 Å². The zero-order valence-electron chi connectivity index (χ0n) is 12.8. The van der Waals surface area contributed by atoms with Gasteiger partial charge < -0.3 is 11.1 Å². The Kier molecular flexibility index (Phi) is 7.39. The van der Waals surface area contributed by atoms with Crippen LogP contribution in [-0.4, -0.2) is 42.5 Å². The second kappa shape index (κ2) is 8.54. The van der Waals surface area contributed by atoms with Crippen molar-refractivity contribution in [2.24, 2.45) is 11.7 Å². The number of hydrogen-bond acceptors (Lipinski definition) is 3.